The molecule has 0 aliphatic carbocycles. The summed E-state index contributed by atoms with van der Waals surface area (Å²) in [7, 11) is 1.74. The molecular weight excluding hydrogens is 380 g/mol. The minimum Gasteiger partial charge on any atom is -0.470 e. The molecule has 2 unspecified atom stereocenters. The summed E-state index contributed by atoms with van der Waals surface area (Å²) in [6.07, 6.45) is 5.96. The van der Waals surface area contributed by atoms with E-state index in [0.717, 1.165) is 61.7 Å². The lowest BCUT2D eigenvalue weighted by atomic mass is 10.0. The first-order valence-corrected chi connectivity index (χ1v) is 10.4. The first-order valence-electron chi connectivity index (χ1n) is 10.0. The lowest BCUT2D eigenvalue weighted by Gasteiger charge is -2.33. The molecule has 2 aromatic rings. The van der Waals surface area contributed by atoms with E-state index < -0.39 is 0 Å². The van der Waals surface area contributed by atoms with Crippen molar-refractivity contribution >= 4 is 17.6 Å². The third kappa shape index (κ3) is 4.59. The Labute approximate surface area is 170 Å². The second-order valence-electron chi connectivity index (χ2n) is 7.38. The number of piperidine rings is 1. The molecule has 0 radical (unpaired) electrons. The number of aromatic nitrogens is 2. The van der Waals surface area contributed by atoms with E-state index in [4.69, 9.17) is 25.5 Å². The van der Waals surface area contributed by atoms with E-state index in [0.29, 0.717) is 11.9 Å². The number of fused-ring (bicyclic) bond motifs is 1. The van der Waals surface area contributed by atoms with Crippen LogP contribution in [0.1, 0.15) is 49.6 Å². The number of likely N-dealkylation sites (tertiary alicyclic amines) is 1. The quantitative estimate of drug-likeness (QED) is 0.695. The van der Waals surface area contributed by atoms with Gasteiger partial charge in [-0.3, -0.25) is 4.90 Å². The maximum absolute atomic E-state index is 6.06. The smallest absolute Gasteiger partial charge is 0.318 e. The van der Waals surface area contributed by atoms with E-state index in [1.807, 2.05) is 18.2 Å². The summed E-state index contributed by atoms with van der Waals surface area (Å²) in [5.74, 6) is 1.53. The first-order chi connectivity index (χ1) is 13.7. The lowest BCUT2D eigenvalue weighted by molar-refractivity contribution is 0.106. The van der Waals surface area contributed by atoms with Gasteiger partial charge in [0, 0.05) is 31.7 Å². The van der Waals surface area contributed by atoms with E-state index >= 15 is 0 Å². The number of rotatable bonds is 7. The Hall–Kier alpha value is -1.83. The van der Waals surface area contributed by atoms with Crippen molar-refractivity contribution in [3.05, 3.63) is 34.7 Å². The summed E-state index contributed by atoms with van der Waals surface area (Å²) < 4.78 is 17.2. The summed E-state index contributed by atoms with van der Waals surface area (Å²) in [6, 6.07) is 6.31. The Morgan fingerprint density at radius 3 is 3.11 bits per heavy atom. The van der Waals surface area contributed by atoms with Crippen molar-refractivity contribution in [2.24, 2.45) is 0 Å². The first kappa shape index (κ1) is 19.5. The average Bonchev–Trinajstić information content (AvgIpc) is 3.17. The number of nitrogens with zero attached hydrogens (tertiary/aromatic N) is 3. The zero-order chi connectivity index (χ0) is 19.3. The Morgan fingerprint density at radius 2 is 2.21 bits per heavy atom. The van der Waals surface area contributed by atoms with Gasteiger partial charge in [0.1, 0.15) is 5.75 Å². The van der Waals surface area contributed by atoms with Crippen LogP contribution in [0.25, 0.3) is 0 Å². The van der Waals surface area contributed by atoms with Crippen molar-refractivity contribution in [2.45, 2.75) is 50.8 Å². The molecule has 7 nitrogen and oxygen atoms in total. The summed E-state index contributed by atoms with van der Waals surface area (Å²) in [6.45, 7) is 2.81. The topological polar surface area (TPSA) is 72.7 Å². The van der Waals surface area contributed by atoms with Crippen molar-refractivity contribution in [1.82, 2.24) is 15.1 Å². The van der Waals surface area contributed by atoms with Gasteiger partial charge in [-0.1, -0.05) is 23.1 Å². The molecule has 28 heavy (non-hydrogen) atoms. The predicted octanol–water partition coefficient (Wildman–Crippen LogP) is 4.05. The molecule has 4 rings (SSSR count). The molecule has 1 aromatic carbocycles. The number of hydrogen-bond donors (Lipinski definition) is 1. The normalized spacial score (nSPS) is 22.5. The predicted molar refractivity (Wildman–Crippen MR) is 107 cm³/mol. The molecule has 0 spiro atoms. The molecule has 1 saturated heterocycles. The molecule has 8 heteroatoms. The standard InChI is InChI=1S/C20H27ClN4O3/c1-26-12-4-11-25-10-3-2-5-16(25)19-23-24-20(28-19)22-18-9-6-14-13-15(21)7-8-17(14)27-18/h7-8,13,16,18H,2-6,9-12H2,1H3,(H,22,24). The summed E-state index contributed by atoms with van der Waals surface area (Å²) in [5, 5.41) is 12.5. The van der Waals surface area contributed by atoms with Crippen LogP contribution in [0.5, 0.6) is 5.75 Å². The van der Waals surface area contributed by atoms with Crippen molar-refractivity contribution in [1.29, 1.82) is 0 Å². The van der Waals surface area contributed by atoms with E-state index in [-0.39, 0.29) is 12.3 Å². The van der Waals surface area contributed by atoms with E-state index in [9.17, 15) is 0 Å². The Morgan fingerprint density at radius 1 is 1.29 bits per heavy atom. The molecule has 2 aliphatic heterocycles. The van der Waals surface area contributed by atoms with Crippen LogP contribution < -0.4 is 10.1 Å². The molecule has 152 valence electrons. The molecule has 1 aromatic heterocycles. The van der Waals surface area contributed by atoms with Crippen LogP contribution in [0.4, 0.5) is 6.01 Å². The molecule has 3 heterocycles. The molecule has 0 amide bonds. The van der Waals surface area contributed by atoms with Gasteiger partial charge in [0.15, 0.2) is 6.23 Å². The highest BCUT2D eigenvalue weighted by Crippen LogP contribution is 2.32. The van der Waals surface area contributed by atoms with Crippen molar-refractivity contribution < 1.29 is 13.9 Å². The van der Waals surface area contributed by atoms with Crippen LogP contribution >= 0.6 is 11.6 Å². The minimum atomic E-state index is -0.189. The van der Waals surface area contributed by atoms with Gasteiger partial charge in [-0.25, -0.2) is 0 Å². The number of methoxy groups -OCH3 is 1. The monoisotopic (exact) mass is 406 g/mol. The average molecular weight is 407 g/mol. The van der Waals surface area contributed by atoms with Crippen LogP contribution in [0.3, 0.4) is 0 Å². The van der Waals surface area contributed by atoms with Gasteiger partial charge < -0.3 is 19.2 Å². The Balaban J connectivity index is 1.38. The molecule has 1 fully saturated rings. The second-order valence-corrected chi connectivity index (χ2v) is 7.82. The van der Waals surface area contributed by atoms with Crippen LogP contribution in [0.15, 0.2) is 22.6 Å². The van der Waals surface area contributed by atoms with Gasteiger partial charge in [0.2, 0.25) is 5.89 Å². The lowest BCUT2D eigenvalue weighted by Crippen LogP contribution is -2.34. The van der Waals surface area contributed by atoms with Crippen LogP contribution in [-0.4, -0.2) is 48.1 Å². The number of hydrogen-bond acceptors (Lipinski definition) is 7. The summed E-state index contributed by atoms with van der Waals surface area (Å²) in [5.41, 5.74) is 1.13. The number of aryl methyl sites for hydroxylation is 1. The molecule has 0 bridgehead atoms. The highest BCUT2D eigenvalue weighted by Gasteiger charge is 2.29. The molecule has 1 N–H and O–H groups in total. The van der Waals surface area contributed by atoms with Gasteiger partial charge in [0.05, 0.1) is 6.04 Å². The van der Waals surface area contributed by atoms with Crippen molar-refractivity contribution in [3.63, 3.8) is 0 Å². The van der Waals surface area contributed by atoms with Crippen molar-refractivity contribution in [3.8, 4) is 5.75 Å². The maximum Gasteiger partial charge on any atom is 0.318 e. The van der Waals surface area contributed by atoms with E-state index in [1.54, 1.807) is 7.11 Å². The fraction of sp³-hybridized carbons (Fsp3) is 0.600. The SMILES string of the molecule is COCCCN1CCCCC1c1nnc(NC2CCc3cc(Cl)ccc3O2)o1. The van der Waals surface area contributed by atoms with Gasteiger partial charge >= 0.3 is 6.01 Å². The number of nitrogens with one attached hydrogen (secondary N) is 1. The summed E-state index contributed by atoms with van der Waals surface area (Å²) >= 11 is 6.06. The van der Waals surface area contributed by atoms with E-state index in [2.05, 4.69) is 20.4 Å². The van der Waals surface area contributed by atoms with E-state index in [1.165, 1.54) is 12.8 Å². The van der Waals surface area contributed by atoms with Crippen molar-refractivity contribution in [2.75, 3.05) is 32.1 Å². The highest BCUT2D eigenvalue weighted by molar-refractivity contribution is 6.30. The molecular formula is C20H27ClN4O3. The third-order valence-corrected chi connectivity index (χ3v) is 5.62. The number of halogens is 1. The fourth-order valence-corrected chi connectivity index (χ4v) is 4.17. The fourth-order valence-electron chi connectivity index (χ4n) is 3.97. The Kier molecular flexibility index (Phi) is 6.34. The zero-order valence-corrected chi connectivity index (χ0v) is 17.0. The molecule has 2 atom stereocenters. The largest absolute Gasteiger partial charge is 0.470 e. The maximum atomic E-state index is 6.06. The number of anilines is 1. The third-order valence-electron chi connectivity index (χ3n) is 5.39. The zero-order valence-electron chi connectivity index (χ0n) is 16.2. The van der Waals surface area contributed by atoms with Gasteiger partial charge in [0.25, 0.3) is 0 Å². The number of ether oxygens (including phenoxy) is 2. The van der Waals surface area contributed by atoms with Crippen LogP contribution in [0, 0.1) is 0 Å². The molecule has 0 saturated carbocycles. The highest BCUT2D eigenvalue weighted by atomic mass is 35.5. The van der Waals surface area contributed by atoms with Gasteiger partial charge in [-0.05, 0) is 56.0 Å². The summed E-state index contributed by atoms with van der Waals surface area (Å²) in [4.78, 5) is 2.43. The van der Waals surface area contributed by atoms with Gasteiger partial charge in [-0.15, -0.1) is 5.10 Å². The van der Waals surface area contributed by atoms with Crippen LogP contribution in [0.2, 0.25) is 5.02 Å². The van der Waals surface area contributed by atoms with Crippen LogP contribution in [-0.2, 0) is 11.2 Å². The minimum absolute atomic E-state index is 0.184. The van der Waals surface area contributed by atoms with Gasteiger partial charge in [-0.2, -0.15) is 0 Å². The Bertz CT molecular complexity index is 785. The molecule has 2 aliphatic rings. The second kappa shape index (κ2) is 9.11. The number of benzene rings is 1.